The molecule has 0 radical (unpaired) electrons. The van der Waals surface area contributed by atoms with Crippen molar-refractivity contribution in [2.45, 2.75) is 33.7 Å². The molecule has 0 amide bonds. The summed E-state index contributed by atoms with van der Waals surface area (Å²) < 4.78 is 6.55. The second kappa shape index (κ2) is 6.69. The van der Waals surface area contributed by atoms with Crippen LogP contribution in [-0.4, -0.2) is 27.1 Å². The van der Waals surface area contributed by atoms with Crippen molar-refractivity contribution in [3.8, 4) is 0 Å². The predicted octanol–water partition coefficient (Wildman–Crippen LogP) is 1.05. The van der Waals surface area contributed by atoms with Gasteiger partial charge in [-0.25, -0.2) is 9.97 Å². The highest BCUT2D eigenvalue weighted by atomic mass is 32.1. The van der Waals surface area contributed by atoms with E-state index in [9.17, 15) is 9.59 Å². The third kappa shape index (κ3) is 3.70. The molecule has 2 rings (SSSR count). The summed E-state index contributed by atoms with van der Waals surface area (Å²) in [5.41, 5.74) is 7.43. The maximum Gasteiger partial charge on any atom is 0.307 e. The molecule has 0 aliphatic rings. The molecular formula is C14H18N4O3S. The fraction of sp³-hybridized carbons (Fsp3) is 0.429. The molecule has 0 saturated carbocycles. The van der Waals surface area contributed by atoms with Crippen LogP contribution in [0.2, 0.25) is 0 Å². The fourth-order valence-corrected chi connectivity index (χ4v) is 2.99. The van der Waals surface area contributed by atoms with Crippen molar-refractivity contribution in [2.24, 2.45) is 0 Å². The van der Waals surface area contributed by atoms with Gasteiger partial charge >= 0.3 is 10.8 Å². The average molecular weight is 322 g/mol. The van der Waals surface area contributed by atoms with E-state index in [1.807, 2.05) is 6.92 Å². The average Bonchev–Trinajstić information content (AvgIpc) is 2.69. The number of hydrogen-bond acceptors (Lipinski definition) is 7. The topological polar surface area (TPSA) is 100 Å². The summed E-state index contributed by atoms with van der Waals surface area (Å²) >= 11 is 1.16. The zero-order valence-electron chi connectivity index (χ0n) is 12.8. The van der Waals surface area contributed by atoms with Gasteiger partial charge in [-0.2, -0.15) is 0 Å². The Labute approximate surface area is 131 Å². The van der Waals surface area contributed by atoms with Crippen molar-refractivity contribution in [3.63, 3.8) is 0 Å². The molecule has 22 heavy (non-hydrogen) atoms. The highest BCUT2D eigenvalue weighted by Gasteiger charge is 2.13. The SMILES string of the molecule is CC(=O)OCCc1sc(=O)n(Cc2cnc(C)nc2N)c1C. The molecule has 2 aromatic heterocycles. The molecule has 0 atom stereocenters. The van der Waals surface area contributed by atoms with Gasteiger partial charge in [0.05, 0.1) is 13.2 Å². The molecule has 0 aliphatic heterocycles. The van der Waals surface area contributed by atoms with Crippen molar-refractivity contribution in [3.05, 3.63) is 37.8 Å². The summed E-state index contributed by atoms with van der Waals surface area (Å²) in [7, 11) is 0. The Morgan fingerprint density at radius 3 is 2.82 bits per heavy atom. The molecule has 2 N–H and O–H groups in total. The van der Waals surface area contributed by atoms with Crippen molar-refractivity contribution >= 4 is 23.1 Å². The van der Waals surface area contributed by atoms with E-state index in [1.165, 1.54) is 6.92 Å². The third-order valence-electron chi connectivity index (χ3n) is 3.22. The number of rotatable bonds is 5. The first kappa shape index (κ1) is 16.2. The third-order valence-corrected chi connectivity index (χ3v) is 4.36. The first-order valence-corrected chi connectivity index (χ1v) is 7.60. The van der Waals surface area contributed by atoms with Crippen LogP contribution in [0.25, 0.3) is 0 Å². The first-order valence-electron chi connectivity index (χ1n) is 6.79. The van der Waals surface area contributed by atoms with E-state index in [0.29, 0.717) is 30.2 Å². The van der Waals surface area contributed by atoms with E-state index < -0.39 is 0 Å². The van der Waals surface area contributed by atoms with Crippen LogP contribution in [0.1, 0.15) is 28.9 Å². The number of nitrogen functional groups attached to an aromatic ring is 1. The van der Waals surface area contributed by atoms with Gasteiger partial charge in [0.15, 0.2) is 0 Å². The molecule has 0 spiro atoms. The highest BCUT2D eigenvalue weighted by molar-refractivity contribution is 7.09. The van der Waals surface area contributed by atoms with Gasteiger partial charge in [-0.3, -0.25) is 14.2 Å². The van der Waals surface area contributed by atoms with E-state index in [4.69, 9.17) is 10.5 Å². The summed E-state index contributed by atoms with van der Waals surface area (Å²) in [6.07, 6.45) is 2.16. The standard InChI is InChI=1S/C14H18N4O3S/c1-8-12(4-5-21-10(3)19)22-14(20)18(8)7-11-6-16-9(2)17-13(11)15/h6H,4-5,7H2,1-3H3,(H2,15,16,17). The van der Waals surface area contributed by atoms with Crippen LogP contribution in [-0.2, 0) is 22.5 Å². The molecule has 0 saturated heterocycles. The number of aryl methyl sites for hydroxylation is 1. The van der Waals surface area contributed by atoms with Gasteiger partial charge in [0.2, 0.25) is 0 Å². The van der Waals surface area contributed by atoms with Crippen molar-refractivity contribution in [1.29, 1.82) is 0 Å². The molecular weight excluding hydrogens is 304 g/mol. The minimum atomic E-state index is -0.325. The molecule has 0 unspecified atom stereocenters. The van der Waals surface area contributed by atoms with Crippen LogP contribution in [0.3, 0.4) is 0 Å². The number of thiazole rings is 1. The lowest BCUT2D eigenvalue weighted by Gasteiger charge is -2.08. The number of hydrogen-bond donors (Lipinski definition) is 1. The fourth-order valence-electron chi connectivity index (χ4n) is 2.03. The lowest BCUT2D eigenvalue weighted by molar-refractivity contribution is -0.140. The second-order valence-corrected chi connectivity index (χ2v) is 5.93. The highest BCUT2D eigenvalue weighted by Crippen LogP contribution is 2.16. The minimum Gasteiger partial charge on any atom is -0.465 e. The zero-order valence-corrected chi connectivity index (χ0v) is 13.6. The summed E-state index contributed by atoms with van der Waals surface area (Å²) in [4.78, 5) is 32.0. The monoisotopic (exact) mass is 322 g/mol. The molecule has 0 bridgehead atoms. The van der Waals surface area contributed by atoms with Crippen molar-refractivity contribution < 1.29 is 9.53 Å². The number of nitrogens with two attached hydrogens (primary N) is 1. The zero-order chi connectivity index (χ0) is 16.3. The number of nitrogens with zero attached hydrogens (tertiary/aromatic N) is 3. The van der Waals surface area contributed by atoms with Crippen molar-refractivity contribution in [2.75, 3.05) is 12.3 Å². The first-order chi connectivity index (χ1) is 10.4. The quantitative estimate of drug-likeness (QED) is 0.826. The van der Waals surface area contributed by atoms with Gasteiger partial charge in [-0.05, 0) is 13.8 Å². The normalized spacial score (nSPS) is 10.7. The number of carbonyl (C=O) groups excluding carboxylic acids is 1. The van der Waals surface area contributed by atoms with Crippen LogP contribution in [0.5, 0.6) is 0 Å². The summed E-state index contributed by atoms with van der Waals surface area (Å²) in [6.45, 7) is 5.59. The van der Waals surface area contributed by atoms with Gasteiger partial charge in [0.1, 0.15) is 11.6 Å². The van der Waals surface area contributed by atoms with Gasteiger partial charge in [-0.1, -0.05) is 11.3 Å². The van der Waals surface area contributed by atoms with Crippen LogP contribution in [0, 0.1) is 13.8 Å². The van der Waals surface area contributed by atoms with Gasteiger partial charge < -0.3 is 10.5 Å². The molecule has 2 aromatic rings. The van der Waals surface area contributed by atoms with Gasteiger partial charge in [-0.15, -0.1) is 0 Å². The molecule has 118 valence electrons. The van der Waals surface area contributed by atoms with Crippen LogP contribution >= 0.6 is 11.3 Å². The van der Waals surface area contributed by atoms with E-state index in [0.717, 1.165) is 21.9 Å². The van der Waals surface area contributed by atoms with Crippen molar-refractivity contribution in [1.82, 2.24) is 14.5 Å². The summed E-state index contributed by atoms with van der Waals surface area (Å²) in [5.74, 6) is 0.651. The smallest absolute Gasteiger partial charge is 0.307 e. The molecule has 7 nitrogen and oxygen atoms in total. The lowest BCUT2D eigenvalue weighted by Crippen LogP contribution is -2.17. The number of esters is 1. The Hall–Kier alpha value is -2.22. The minimum absolute atomic E-state index is 0.0738. The second-order valence-electron chi connectivity index (χ2n) is 4.88. The largest absolute Gasteiger partial charge is 0.465 e. The number of carbonyl (C=O) groups is 1. The Morgan fingerprint density at radius 2 is 2.18 bits per heavy atom. The Kier molecular flexibility index (Phi) is 4.92. The Balaban J connectivity index is 2.19. The number of anilines is 1. The lowest BCUT2D eigenvalue weighted by atomic mass is 10.2. The maximum atomic E-state index is 12.1. The molecule has 0 aromatic carbocycles. The van der Waals surface area contributed by atoms with Crippen LogP contribution in [0.15, 0.2) is 11.0 Å². The maximum absolute atomic E-state index is 12.1. The van der Waals surface area contributed by atoms with Gasteiger partial charge in [0.25, 0.3) is 0 Å². The van der Waals surface area contributed by atoms with E-state index in [2.05, 4.69) is 9.97 Å². The summed E-state index contributed by atoms with van der Waals surface area (Å²) in [6, 6.07) is 0. The number of ether oxygens (including phenoxy) is 1. The Morgan fingerprint density at radius 1 is 1.45 bits per heavy atom. The van der Waals surface area contributed by atoms with Crippen LogP contribution in [0.4, 0.5) is 5.82 Å². The summed E-state index contributed by atoms with van der Waals surface area (Å²) in [5, 5.41) is 0. The molecule has 0 aliphatic carbocycles. The van der Waals surface area contributed by atoms with E-state index in [-0.39, 0.29) is 17.4 Å². The van der Waals surface area contributed by atoms with E-state index >= 15 is 0 Å². The Bertz CT molecular complexity index is 751. The molecule has 2 heterocycles. The number of aromatic nitrogens is 3. The van der Waals surface area contributed by atoms with Gasteiger partial charge in [0, 0.05) is 35.7 Å². The van der Waals surface area contributed by atoms with E-state index in [1.54, 1.807) is 17.7 Å². The molecule has 0 fully saturated rings. The predicted molar refractivity (Wildman–Crippen MR) is 83.9 cm³/mol. The van der Waals surface area contributed by atoms with Crippen LogP contribution < -0.4 is 10.6 Å². The molecule has 8 heteroatoms.